The normalized spacial score (nSPS) is 12.3. The zero-order valence-corrected chi connectivity index (χ0v) is 12.8. The van der Waals surface area contributed by atoms with Gasteiger partial charge in [-0.3, -0.25) is 0 Å². The van der Waals surface area contributed by atoms with Crippen LogP contribution in [0.2, 0.25) is 0 Å². The van der Waals surface area contributed by atoms with Crippen LogP contribution in [-0.2, 0) is 33.5 Å². The van der Waals surface area contributed by atoms with E-state index in [1.54, 1.807) is 7.11 Å². The summed E-state index contributed by atoms with van der Waals surface area (Å²) in [5, 5.41) is 3.93. The van der Waals surface area contributed by atoms with Crippen molar-refractivity contribution in [3.8, 4) is 0 Å². The number of methoxy groups -OCH3 is 1. The van der Waals surface area contributed by atoms with Crippen molar-refractivity contribution in [2.45, 2.75) is 38.8 Å². The number of nitrogens with one attached hydrogen (secondary N) is 1. The maximum Gasteiger partial charge on any atom is 0.153 e. The van der Waals surface area contributed by atoms with Crippen LogP contribution in [0, 0.1) is 0 Å². The van der Waals surface area contributed by atoms with Crippen molar-refractivity contribution in [3.05, 3.63) is 15.6 Å². The highest BCUT2D eigenvalue weighted by molar-refractivity contribution is 7.90. The van der Waals surface area contributed by atoms with Gasteiger partial charge in [0, 0.05) is 30.8 Å². The second-order valence-corrected chi connectivity index (χ2v) is 7.82. The van der Waals surface area contributed by atoms with E-state index < -0.39 is 9.84 Å². The molecule has 0 aromatic carbocycles. The standard InChI is InChI=1S/C11H20N2O3S2/c1-8(2)12-5-10-9(6-16-3)13-11(17-10)7-18(4,14)15/h8,12H,5-7H2,1-4H3. The predicted octanol–water partition coefficient (Wildman–Crippen LogP) is 1.33. The van der Waals surface area contributed by atoms with Crippen LogP contribution in [0.1, 0.15) is 29.4 Å². The lowest BCUT2D eigenvalue weighted by Crippen LogP contribution is -2.21. The van der Waals surface area contributed by atoms with Crippen LogP contribution in [-0.4, -0.2) is 32.8 Å². The molecule has 1 N–H and O–H groups in total. The van der Waals surface area contributed by atoms with Crippen molar-refractivity contribution >= 4 is 21.2 Å². The molecule has 1 aromatic heterocycles. The first-order chi connectivity index (χ1) is 8.31. The molecule has 1 rings (SSSR count). The van der Waals surface area contributed by atoms with Crippen molar-refractivity contribution in [2.24, 2.45) is 0 Å². The van der Waals surface area contributed by atoms with Gasteiger partial charge in [0.05, 0.1) is 12.3 Å². The molecule has 0 aliphatic heterocycles. The molecule has 0 atom stereocenters. The molecule has 0 bridgehead atoms. The zero-order chi connectivity index (χ0) is 13.8. The lowest BCUT2D eigenvalue weighted by atomic mass is 10.3. The van der Waals surface area contributed by atoms with E-state index in [4.69, 9.17) is 4.74 Å². The molecule has 0 unspecified atom stereocenters. The number of rotatable bonds is 7. The van der Waals surface area contributed by atoms with Gasteiger partial charge in [0.1, 0.15) is 10.8 Å². The van der Waals surface area contributed by atoms with Gasteiger partial charge in [0.2, 0.25) is 0 Å². The first-order valence-electron chi connectivity index (χ1n) is 5.69. The van der Waals surface area contributed by atoms with Crippen LogP contribution in [0.5, 0.6) is 0 Å². The molecule has 5 nitrogen and oxygen atoms in total. The van der Waals surface area contributed by atoms with Crippen LogP contribution in [0.25, 0.3) is 0 Å². The SMILES string of the molecule is COCc1nc(CS(C)(=O)=O)sc1CNC(C)C. The maximum absolute atomic E-state index is 11.3. The van der Waals surface area contributed by atoms with E-state index in [1.807, 2.05) is 0 Å². The van der Waals surface area contributed by atoms with Gasteiger partial charge in [-0.2, -0.15) is 0 Å². The topological polar surface area (TPSA) is 68.3 Å². The summed E-state index contributed by atoms with van der Waals surface area (Å²) in [4.78, 5) is 5.38. The largest absolute Gasteiger partial charge is 0.378 e. The van der Waals surface area contributed by atoms with E-state index in [1.165, 1.54) is 17.6 Å². The Morgan fingerprint density at radius 3 is 2.61 bits per heavy atom. The minimum atomic E-state index is -3.04. The molecule has 1 aromatic rings. The smallest absolute Gasteiger partial charge is 0.153 e. The summed E-state index contributed by atoms with van der Waals surface area (Å²) in [6, 6.07) is 0.376. The molecule has 0 saturated carbocycles. The molecule has 18 heavy (non-hydrogen) atoms. The number of hydrogen-bond donors (Lipinski definition) is 1. The van der Waals surface area contributed by atoms with Gasteiger partial charge in [0.15, 0.2) is 9.84 Å². The van der Waals surface area contributed by atoms with Crippen molar-refractivity contribution in [1.29, 1.82) is 0 Å². The molecule has 0 radical (unpaired) electrons. The average molecular weight is 292 g/mol. The van der Waals surface area contributed by atoms with E-state index in [-0.39, 0.29) is 5.75 Å². The average Bonchev–Trinajstić information content (AvgIpc) is 2.55. The molecule has 0 spiro atoms. The highest BCUT2D eigenvalue weighted by atomic mass is 32.2. The summed E-state index contributed by atoms with van der Waals surface area (Å²) < 4.78 is 27.6. The molecule has 104 valence electrons. The number of aromatic nitrogens is 1. The van der Waals surface area contributed by atoms with Gasteiger partial charge in [-0.25, -0.2) is 13.4 Å². The number of nitrogens with zero attached hydrogens (tertiary/aromatic N) is 1. The lowest BCUT2D eigenvalue weighted by Gasteiger charge is -2.07. The Kier molecular flexibility index (Phi) is 5.71. The Morgan fingerprint density at radius 2 is 2.11 bits per heavy atom. The van der Waals surface area contributed by atoms with Crippen LogP contribution in [0.4, 0.5) is 0 Å². The lowest BCUT2D eigenvalue weighted by molar-refractivity contribution is 0.181. The van der Waals surface area contributed by atoms with E-state index in [0.717, 1.165) is 10.6 Å². The highest BCUT2D eigenvalue weighted by Crippen LogP contribution is 2.21. The summed E-state index contributed by atoms with van der Waals surface area (Å²) in [6.45, 7) is 5.23. The number of sulfone groups is 1. The van der Waals surface area contributed by atoms with Crippen molar-refractivity contribution < 1.29 is 13.2 Å². The Hall–Kier alpha value is -0.500. The molecule has 0 aliphatic rings. The summed E-state index contributed by atoms with van der Waals surface area (Å²) >= 11 is 1.44. The Balaban J connectivity index is 2.86. The maximum atomic E-state index is 11.3. The third kappa shape index (κ3) is 5.43. The molecular weight excluding hydrogens is 272 g/mol. The minimum absolute atomic E-state index is 0.00391. The van der Waals surface area contributed by atoms with Crippen LogP contribution >= 0.6 is 11.3 Å². The van der Waals surface area contributed by atoms with E-state index >= 15 is 0 Å². The Labute approximate surface area is 112 Å². The van der Waals surface area contributed by atoms with E-state index in [0.29, 0.717) is 24.2 Å². The van der Waals surface area contributed by atoms with Gasteiger partial charge in [-0.15, -0.1) is 11.3 Å². The van der Waals surface area contributed by atoms with E-state index in [2.05, 4.69) is 24.1 Å². The minimum Gasteiger partial charge on any atom is -0.378 e. The Bertz CT molecular complexity index is 480. The molecule has 0 fully saturated rings. The fraction of sp³-hybridized carbons (Fsp3) is 0.727. The number of thiazole rings is 1. The highest BCUT2D eigenvalue weighted by Gasteiger charge is 2.14. The monoisotopic (exact) mass is 292 g/mol. The van der Waals surface area contributed by atoms with E-state index in [9.17, 15) is 8.42 Å². The van der Waals surface area contributed by atoms with Crippen molar-refractivity contribution in [3.63, 3.8) is 0 Å². The van der Waals surface area contributed by atoms with Crippen LogP contribution < -0.4 is 5.32 Å². The predicted molar refractivity (Wildman–Crippen MR) is 73.4 cm³/mol. The molecular formula is C11H20N2O3S2. The van der Waals surface area contributed by atoms with Gasteiger partial charge in [-0.1, -0.05) is 13.8 Å². The van der Waals surface area contributed by atoms with Gasteiger partial charge < -0.3 is 10.1 Å². The quantitative estimate of drug-likeness (QED) is 0.821. The third-order valence-corrected chi connectivity index (χ3v) is 4.24. The Morgan fingerprint density at radius 1 is 1.44 bits per heavy atom. The zero-order valence-electron chi connectivity index (χ0n) is 11.2. The number of hydrogen-bond acceptors (Lipinski definition) is 6. The second kappa shape index (κ2) is 6.60. The molecule has 0 aliphatic carbocycles. The fourth-order valence-electron chi connectivity index (χ4n) is 1.41. The van der Waals surface area contributed by atoms with Crippen LogP contribution in [0.3, 0.4) is 0 Å². The fourth-order valence-corrected chi connectivity index (χ4v) is 3.62. The summed E-state index contributed by atoms with van der Waals surface area (Å²) in [7, 11) is -1.43. The second-order valence-electron chi connectivity index (χ2n) is 4.52. The number of ether oxygens (including phenoxy) is 1. The summed E-state index contributed by atoms with van der Waals surface area (Å²) in [6.07, 6.45) is 1.22. The first kappa shape index (κ1) is 15.6. The van der Waals surface area contributed by atoms with Crippen LogP contribution in [0.15, 0.2) is 0 Å². The molecule has 0 saturated heterocycles. The van der Waals surface area contributed by atoms with Gasteiger partial charge >= 0.3 is 0 Å². The first-order valence-corrected chi connectivity index (χ1v) is 8.57. The summed E-state index contributed by atoms with van der Waals surface area (Å²) in [5.74, 6) is -0.00391. The third-order valence-electron chi connectivity index (χ3n) is 2.16. The van der Waals surface area contributed by atoms with Gasteiger partial charge in [0.25, 0.3) is 0 Å². The molecule has 7 heteroatoms. The van der Waals surface area contributed by atoms with Gasteiger partial charge in [-0.05, 0) is 0 Å². The molecule has 0 amide bonds. The molecule has 1 heterocycles. The van der Waals surface area contributed by atoms with Crippen molar-refractivity contribution in [2.75, 3.05) is 13.4 Å². The van der Waals surface area contributed by atoms with Crippen molar-refractivity contribution in [1.82, 2.24) is 10.3 Å². The summed E-state index contributed by atoms with van der Waals surface area (Å²) in [5.41, 5.74) is 0.828.